The van der Waals surface area contributed by atoms with Gasteiger partial charge < -0.3 is 9.63 Å². The Hall–Kier alpha value is -1.24. The molecular formula is C10H14NO6P. The summed E-state index contributed by atoms with van der Waals surface area (Å²) in [5, 5.41) is 11.6. The maximum Gasteiger partial charge on any atom is 0.527 e. The number of carbonyl (C=O) groups is 1. The summed E-state index contributed by atoms with van der Waals surface area (Å²) in [6, 6.07) is 7.86. The molecule has 0 spiro atoms. The van der Waals surface area contributed by atoms with Crippen molar-refractivity contribution < 1.29 is 28.8 Å². The Labute approximate surface area is 104 Å². The van der Waals surface area contributed by atoms with Crippen LogP contribution in [0.25, 0.3) is 0 Å². The van der Waals surface area contributed by atoms with E-state index < -0.39 is 26.4 Å². The number of carbonyl (C=O) groups excluding carboxylic acids is 1. The van der Waals surface area contributed by atoms with Crippen LogP contribution < -0.4 is 5.32 Å². The number of hydrogen-bond acceptors (Lipinski definition) is 5. The fraction of sp³-hybridized carbons (Fsp3) is 0.300. The van der Waals surface area contributed by atoms with Crippen molar-refractivity contribution in [1.29, 1.82) is 0 Å². The van der Waals surface area contributed by atoms with Crippen LogP contribution in [0.5, 0.6) is 0 Å². The third-order valence-electron chi connectivity index (χ3n) is 2.07. The lowest BCUT2D eigenvalue weighted by Crippen LogP contribution is -2.40. The first kappa shape index (κ1) is 14.8. The lowest BCUT2D eigenvalue weighted by molar-refractivity contribution is -0.139. The van der Waals surface area contributed by atoms with Gasteiger partial charge in [0.25, 0.3) is 0 Å². The summed E-state index contributed by atoms with van der Waals surface area (Å²) in [6.07, 6.45) is 0. The molecule has 1 rings (SSSR count). The number of nitrogens with one attached hydrogen (secondary N) is 1. The van der Waals surface area contributed by atoms with Gasteiger partial charge in [0.05, 0.1) is 6.61 Å². The van der Waals surface area contributed by atoms with E-state index >= 15 is 0 Å². The third-order valence-corrected chi connectivity index (χ3v) is 2.49. The Balaban J connectivity index is 2.52. The van der Waals surface area contributed by atoms with Crippen LogP contribution in [-0.2, 0) is 20.4 Å². The molecule has 1 aromatic carbocycles. The van der Waals surface area contributed by atoms with Crippen molar-refractivity contribution >= 4 is 13.8 Å². The lowest BCUT2D eigenvalue weighted by atomic mass is 10.2. The van der Waals surface area contributed by atoms with Gasteiger partial charge in [-0.3, -0.25) is 15.1 Å². The van der Waals surface area contributed by atoms with E-state index in [4.69, 9.17) is 14.9 Å². The van der Waals surface area contributed by atoms with E-state index in [1.165, 1.54) is 0 Å². The molecule has 0 aliphatic rings. The van der Waals surface area contributed by atoms with Gasteiger partial charge in [-0.05, 0) is 5.56 Å². The maximum absolute atomic E-state index is 11.3. The van der Waals surface area contributed by atoms with E-state index in [9.17, 15) is 9.36 Å². The van der Waals surface area contributed by atoms with Crippen molar-refractivity contribution in [3.05, 3.63) is 35.9 Å². The molecule has 1 aromatic rings. The number of benzene rings is 1. The fourth-order valence-corrected chi connectivity index (χ4v) is 1.60. The van der Waals surface area contributed by atoms with Crippen LogP contribution in [0.2, 0.25) is 0 Å². The van der Waals surface area contributed by atoms with Crippen molar-refractivity contribution in [3.8, 4) is 0 Å². The first-order valence-corrected chi connectivity index (χ1v) is 6.62. The predicted octanol–water partition coefficient (Wildman–Crippen LogP) is -0.227. The quantitative estimate of drug-likeness (QED) is 0.530. The minimum Gasteiger partial charge on any atom is -0.394 e. The van der Waals surface area contributed by atoms with Gasteiger partial charge in [0, 0.05) is 6.54 Å². The van der Waals surface area contributed by atoms with Crippen molar-refractivity contribution in [1.82, 2.24) is 5.32 Å². The number of rotatable bonds is 6. The Kier molecular flexibility index (Phi) is 5.46. The average molecular weight is 275 g/mol. The molecule has 0 saturated carbocycles. The van der Waals surface area contributed by atoms with E-state index in [1.54, 1.807) is 24.3 Å². The van der Waals surface area contributed by atoms with Crippen molar-refractivity contribution in [2.75, 3.05) is 6.61 Å². The topological polar surface area (TPSA) is 116 Å². The molecule has 0 unspecified atom stereocenters. The van der Waals surface area contributed by atoms with Gasteiger partial charge in [-0.1, -0.05) is 30.3 Å². The predicted molar refractivity (Wildman–Crippen MR) is 62.3 cm³/mol. The molecule has 8 heteroatoms. The Morgan fingerprint density at radius 3 is 2.44 bits per heavy atom. The lowest BCUT2D eigenvalue weighted by Gasteiger charge is -2.15. The first-order valence-electron chi connectivity index (χ1n) is 5.09. The van der Waals surface area contributed by atoms with E-state index in [0.29, 0.717) is 0 Å². The van der Waals surface area contributed by atoms with Crippen LogP contribution in [0.4, 0.5) is 0 Å². The SMILES string of the molecule is O=C(OP(=O)(O)O)[C@H](CO)NCc1ccccc1. The Morgan fingerprint density at radius 2 is 1.94 bits per heavy atom. The van der Waals surface area contributed by atoms with E-state index in [2.05, 4.69) is 9.84 Å². The molecule has 4 N–H and O–H groups in total. The highest BCUT2D eigenvalue weighted by molar-refractivity contribution is 7.46. The van der Waals surface area contributed by atoms with Crippen molar-refractivity contribution in [2.24, 2.45) is 0 Å². The van der Waals surface area contributed by atoms with Gasteiger partial charge >= 0.3 is 13.8 Å². The minimum atomic E-state index is -4.89. The molecule has 0 bridgehead atoms. The highest BCUT2D eigenvalue weighted by atomic mass is 31.2. The van der Waals surface area contributed by atoms with Crippen molar-refractivity contribution in [3.63, 3.8) is 0 Å². The highest BCUT2D eigenvalue weighted by Gasteiger charge is 2.26. The normalized spacial score (nSPS) is 13.1. The maximum atomic E-state index is 11.3. The largest absolute Gasteiger partial charge is 0.527 e. The monoisotopic (exact) mass is 275 g/mol. The first-order chi connectivity index (χ1) is 8.42. The van der Waals surface area contributed by atoms with Crippen molar-refractivity contribution in [2.45, 2.75) is 12.6 Å². The summed E-state index contributed by atoms with van der Waals surface area (Å²) in [6.45, 7) is -0.353. The molecule has 7 nitrogen and oxygen atoms in total. The molecule has 0 heterocycles. The van der Waals surface area contributed by atoms with Crippen LogP contribution >= 0.6 is 7.82 Å². The Morgan fingerprint density at radius 1 is 1.33 bits per heavy atom. The summed E-state index contributed by atoms with van der Waals surface area (Å²) in [5.41, 5.74) is 0.861. The standard InChI is InChI=1S/C10H14NO6P/c12-7-9(10(13)17-18(14,15)16)11-6-8-4-2-1-3-5-8/h1-5,9,11-12H,6-7H2,(H2,14,15,16)/t9-/m0/s1. The number of phosphoric acid groups is 1. The number of phosphoric ester groups is 1. The summed E-state index contributed by atoms with van der Waals surface area (Å²) in [7, 11) is -4.89. The Bertz CT molecular complexity index is 431. The second-order valence-electron chi connectivity index (χ2n) is 3.50. The molecule has 18 heavy (non-hydrogen) atoms. The average Bonchev–Trinajstić information content (AvgIpc) is 2.29. The molecule has 0 amide bonds. The summed E-state index contributed by atoms with van der Waals surface area (Å²) >= 11 is 0. The summed E-state index contributed by atoms with van der Waals surface area (Å²) < 4.78 is 14.4. The van der Waals surface area contributed by atoms with Gasteiger partial charge in [-0.15, -0.1) is 0 Å². The minimum absolute atomic E-state index is 0.266. The molecule has 0 aliphatic heterocycles. The molecule has 100 valence electrons. The highest BCUT2D eigenvalue weighted by Crippen LogP contribution is 2.36. The smallest absolute Gasteiger partial charge is 0.394 e. The van der Waals surface area contributed by atoms with Gasteiger partial charge in [0.1, 0.15) is 6.04 Å². The zero-order chi connectivity index (χ0) is 13.6. The number of aliphatic hydroxyl groups excluding tert-OH is 1. The van der Waals surface area contributed by atoms with Crippen LogP contribution in [0.3, 0.4) is 0 Å². The zero-order valence-corrected chi connectivity index (χ0v) is 10.3. The molecule has 0 saturated heterocycles. The number of hydrogen-bond donors (Lipinski definition) is 4. The van der Waals surface area contributed by atoms with Crippen LogP contribution in [0.15, 0.2) is 30.3 Å². The summed E-state index contributed by atoms with van der Waals surface area (Å²) in [5.74, 6) is -1.19. The third kappa shape index (κ3) is 5.39. The van der Waals surface area contributed by atoms with Gasteiger partial charge in [-0.25, -0.2) is 9.36 Å². The number of aliphatic hydroxyl groups is 1. The molecular weight excluding hydrogens is 261 g/mol. The summed E-state index contributed by atoms with van der Waals surface area (Å²) in [4.78, 5) is 28.2. The van der Waals surface area contributed by atoms with Crippen LogP contribution in [-0.4, -0.2) is 33.5 Å². The zero-order valence-electron chi connectivity index (χ0n) is 9.39. The fourth-order valence-electron chi connectivity index (χ4n) is 1.24. The van der Waals surface area contributed by atoms with E-state index in [0.717, 1.165) is 5.56 Å². The molecule has 0 aromatic heterocycles. The molecule has 0 radical (unpaired) electrons. The molecule has 0 fully saturated rings. The molecule has 0 aliphatic carbocycles. The second kappa shape index (κ2) is 6.63. The van der Waals surface area contributed by atoms with Crippen LogP contribution in [0, 0.1) is 0 Å². The van der Waals surface area contributed by atoms with Gasteiger partial charge in [0.15, 0.2) is 0 Å². The van der Waals surface area contributed by atoms with E-state index in [1.807, 2.05) is 6.07 Å². The van der Waals surface area contributed by atoms with E-state index in [-0.39, 0.29) is 6.54 Å². The van der Waals surface area contributed by atoms with Gasteiger partial charge in [-0.2, -0.15) is 0 Å². The molecule has 1 atom stereocenters. The van der Waals surface area contributed by atoms with Gasteiger partial charge in [0.2, 0.25) is 0 Å². The second-order valence-corrected chi connectivity index (χ2v) is 4.67. The van der Waals surface area contributed by atoms with Crippen LogP contribution in [0.1, 0.15) is 5.56 Å².